The lowest BCUT2D eigenvalue weighted by Gasteiger charge is -2.42. The van der Waals surface area contributed by atoms with E-state index in [4.69, 9.17) is 0 Å². The van der Waals surface area contributed by atoms with Crippen molar-refractivity contribution in [3.63, 3.8) is 0 Å². The highest BCUT2D eigenvalue weighted by atomic mass is 16.2. The maximum atomic E-state index is 12.8. The molecule has 0 aromatic rings. The van der Waals surface area contributed by atoms with E-state index in [0.29, 0.717) is 17.8 Å². The number of carbonyl (C=O) groups excluding carboxylic acids is 2. The molecule has 0 aromatic heterocycles. The van der Waals surface area contributed by atoms with Gasteiger partial charge in [-0.1, -0.05) is 20.8 Å². The van der Waals surface area contributed by atoms with Gasteiger partial charge >= 0.3 is 0 Å². The van der Waals surface area contributed by atoms with Gasteiger partial charge in [-0.25, -0.2) is 0 Å². The monoisotopic (exact) mass is 278 g/mol. The summed E-state index contributed by atoms with van der Waals surface area (Å²) in [5.74, 6) is 0.636. The van der Waals surface area contributed by atoms with Gasteiger partial charge in [0.05, 0.1) is 0 Å². The van der Waals surface area contributed by atoms with E-state index < -0.39 is 0 Å². The maximum absolute atomic E-state index is 12.8. The van der Waals surface area contributed by atoms with Crippen LogP contribution in [0.25, 0.3) is 0 Å². The van der Waals surface area contributed by atoms with Gasteiger partial charge in [0.25, 0.3) is 0 Å². The SMILES string of the molecule is CCC1C(=O)NC(C2CC2)C(=O)N1C1CCC(C)(C)C1. The second kappa shape index (κ2) is 4.74. The maximum Gasteiger partial charge on any atom is 0.246 e. The summed E-state index contributed by atoms with van der Waals surface area (Å²) in [5.41, 5.74) is 0.298. The highest BCUT2D eigenvalue weighted by Gasteiger charge is 2.50. The molecule has 112 valence electrons. The predicted molar refractivity (Wildman–Crippen MR) is 77.0 cm³/mol. The van der Waals surface area contributed by atoms with Gasteiger partial charge in [0, 0.05) is 6.04 Å². The summed E-state index contributed by atoms with van der Waals surface area (Å²) in [5, 5.41) is 2.97. The first-order valence-corrected chi connectivity index (χ1v) is 8.05. The third kappa shape index (κ3) is 2.33. The predicted octanol–water partition coefficient (Wildman–Crippen LogP) is 2.08. The quantitative estimate of drug-likeness (QED) is 0.859. The van der Waals surface area contributed by atoms with E-state index in [9.17, 15) is 9.59 Å². The number of hydrogen-bond acceptors (Lipinski definition) is 2. The minimum atomic E-state index is -0.253. The molecular formula is C16H26N2O2. The Labute approximate surface area is 121 Å². The Balaban J connectivity index is 1.83. The molecule has 0 bridgehead atoms. The molecule has 3 atom stereocenters. The molecule has 4 nitrogen and oxygen atoms in total. The molecule has 3 rings (SSSR count). The smallest absolute Gasteiger partial charge is 0.246 e. The Bertz CT molecular complexity index is 428. The normalized spacial score (nSPS) is 37.1. The second-order valence-electron chi connectivity index (χ2n) is 7.55. The van der Waals surface area contributed by atoms with Crippen molar-refractivity contribution in [3.8, 4) is 0 Å². The van der Waals surface area contributed by atoms with Crippen molar-refractivity contribution >= 4 is 11.8 Å². The van der Waals surface area contributed by atoms with Crippen molar-refractivity contribution in [2.75, 3.05) is 0 Å². The number of rotatable bonds is 3. The average molecular weight is 278 g/mol. The molecule has 3 fully saturated rings. The van der Waals surface area contributed by atoms with Crippen LogP contribution in [0.15, 0.2) is 0 Å². The van der Waals surface area contributed by atoms with Crippen LogP contribution in [-0.4, -0.2) is 34.8 Å². The fourth-order valence-corrected chi connectivity index (χ4v) is 3.95. The van der Waals surface area contributed by atoms with Crippen LogP contribution in [-0.2, 0) is 9.59 Å². The van der Waals surface area contributed by atoms with Crippen LogP contribution in [0.2, 0.25) is 0 Å². The molecule has 1 N–H and O–H groups in total. The lowest BCUT2D eigenvalue weighted by atomic mass is 9.91. The largest absolute Gasteiger partial charge is 0.342 e. The highest BCUT2D eigenvalue weighted by molar-refractivity contribution is 5.97. The third-order valence-corrected chi connectivity index (χ3v) is 5.27. The van der Waals surface area contributed by atoms with Gasteiger partial charge in [0.15, 0.2) is 0 Å². The van der Waals surface area contributed by atoms with Gasteiger partial charge in [-0.15, -0.1) is 0 Å². The lowest BCUT2D eigenvalue weighted by Crippen LogP contribution is -2.65. The molecule has 0 spiro atoms. The average Bonchev–Trinajstić information content (AvgIpc) is 3.15. The zero-order chi connectivity index (χ0) is 14.5. The Morgan fingerprint density at radius 1 is 1.25 bits per heavy atom. The van der Waals surface area contributed by atoms with Gasteiger partial charge in [0.2, 0.25) is 11.8 Å². The van der Waals surface area contributed by atoms with Crippen LogP contribution in [0.4, 0.5) is 0 Å². The van der Waals surface area contributed by atoms with Crippen molar-refractivity contribution < 1.29 is 9.59 Å². The Morgan fingerprint density at radius 2 is 1.95 bits per heavy atom. The zero-order valence-corrected chi connectivity index (χ0v) is 12.8. The molecular weight excluding hydrogens is 252 g/mol. The molecule has 1 heterocycles. The van der Waals surface area contributed by atoms with Gasteiger partial charge in [-0.05, 0) is 49.9 Å². The number of nitrogens with zero attached hydrogens (tertiary/aromatic N) is 1. The number of piperazine rings is 1. The van der Waals surface area contributed by atoms with Crippen LogP contribution in [0.5, 0.6) is 0 Å². The molecule has 1 aliphatic heterocycles. The van der Waals surface area contributed by atoms with E-state index in [1.54, 1.807) is 0 Å². The molecule has 2 saturated carbocycles. The van der Waals surface area contributed by atoms with Crippen LogP contribution >= 0.6 is 0 Å². The van der Waals surface area contributed by atoms with Gasteiger partial charge in [-0.3, -0.25) is 9.59 Å². The summed E-state index contributed by atoms with van der Waals surface area (Å²) in [6, 6.07) is -0.236. The van der Waals surface area contributed by atoms with Gasteiger partial charge in [0.1, 0.15) is 12.1 Å². The summed E-state index contributed by atoms with van der Waals surface area (Å²) in [6.45, 7) is 6.53. The molecule has 2 aliphatic carbocycles. The standard InChI is InChI=1S/C16H26N2O2/c1-4-12-14(19)17-13(10-5-6-10)15(20)18(12)11-7-8-16(2,3)9-11/h10-13H,4-9H2,1-3H3,(H,17,19). The molecule has 1 saturated heterocycles. The summed E-state index contributed by atoms with van der Waals surface area (Å²) < 4.78 is 0. The van der Waals surface area contributed by atoms with Crippen molar-refractivity contribution in [1.29, 1.82) is 0 Å². The van der Waals surface area contributed by atoms with Gasteiger partial charge in [-0.2, -0.15) is 0 Å². The fraction of sp³-hybridized carbons (Fsp3) is 0.875. The molecule has 0 radical (unpaired) electrons. The number of nitrogens with one attached hydrogen (secondary N) is 1. The first kappa shape index (κ1) is 13.9. The van der Waals surface area contributed by atoms with E-state index in [1.165, 1.54) is 0 Å². The van der Waals surface area contributed by atoms with E-state index >= 15 is 0 Å². The molecule has 20 heavy (non-hydrogen) atoms. The van der Waals surface area contributed by atoms with Crippen LogP contribution < -0.4 is 5.32 Å². The van der Waals surface area contributed by atoms with Crippen LogP contribution in [0.1, 0.15) is 59.3 Å². The third-order valence-electron chi connectivity index (χ3n) is 5.27. The minimum absolute atomic E-state index is 0.0636. The van der Waals surface area contributed by atoms with E-state index in [2.05, 4.69) is 19.2 Å². The minimum Gasteiger partial charge on any atom is -0.342 e. The molecule has 4 heteroatoms. The second-order valence-corrected chi connectivity index (χ2v) is 7.55. The van der Waals surface area contributed by atoms with Crippen molar-refractivity contribution in [2.24, 2.45) is 11.3 Å². The highest BCUT2D eigenvalue weighted by Crippen LogP contribution is 2.42. The molecule has 2 amide bonds. The van der Waals surface area contributed by atoms with Crippen LogP contribution in [0, 0.1) is 11.3 Å². The van der Waals surface area contributed by atoms with E-state index in [-0.39, 0.29) is 29.9 Å². The van der Waals surface area contributed by atoms with Crippen molar-refractivity contribution in [2.45, 2.75) is 77.4 Å². The summed E-state index contributed by atoms with van der Waals surface area (Å²) in [7, 11) is 0. The van der Waals surface area contributed by atoms with E-state index in [1.807, 2.05) is 11.8 Å². The first-order valence-electron chi connectivity index (χ1n) is 8.05. The Hall–Kier alpha value is -1.06. The number of amides is 2. The first-order chi connectivity index (χ1) is 9.43. The lowest BCUT2D eigenvalue weighted by molar-refractivity contribution is -0.153. The number of carbonyl (C=O) groups is 2. The molecule has 0 aromatic carbocycles. The van der Waals surface area contributed by atoms with Crippen molar-refractivity contribution in [3.05, 3.63) is 0 Å². The van der Waals surface area contributed by atoms with E-state index in [0.717, 1.165) is 32.1 Å². The molecule has 3 unspecified atom stereocenters. The Kier molecular flexibility index (Phi) is 3.30. The fourth-order valence-electron chi connectivity index (χ4n) is 3.95. The topological polar surface area (TPSA) is 49.4 Å². The summed E-state index contributed by atoms with van der Waals surface area (Å²) in [4.78, 5) is 27.1. The zero-order valence-electron chi connectivity index (χ0n) is 12.8. The Morgan fingerprint density at radius 3 is 2.45 bits per heavy atom. The van der Waals surface area contributed by atoms with Crippen LogP contribution in [0.3, 0.4) is 0 Å². The summed E-state index contributed by atoms with van der Waals surface area (Å²) >= 11 is 0. The van der Waals surface area contributed by atoms with Crippen molar-refractivity contribution in [1.82, 2.24) is 10.2 Å². The number of hydrogen-bond donors (Lipinski definition) is 1. The molecule has 3 aliphatic rings. The summed E-state index contributed by atoms with van der Waals surface area (Å²) in [6.07, 6.45) is 6.09. The van der Waals surface area contributed by atoms with Gasteiger partial charge < -0.3 is 10.2 Å².